The number of pyridine rings is 1. The minimum atomic E-state index is -0.314. The highest BCUT2D eigenvalue weighted by atomic mass is 79.9. The highest BCUT2D eigenvalue weighted by molar-refractivity contribution is 9.10. The van der Waals surface area contributed by atoms with Crippen molar-refractivity contribution < 1.29 is 4.79 Å². The first kappa shape index (κ1) is 12.3. The molecular weight excluding hydrogens is 294 g/mol. The minimum absolute atomic E-state index is 0.312. The molecule has 0 bridgehead atoms. The van der Waals surface area contributed by atoms with Gasteiger partial charge in [0.2, 0.25) is 0 Å². The highest BCUT2D eigenvalue weighted by Crippen LogP contribution is 2.12. The van der Waals surface area contributed by atoms with Gasteiger partial charge in [0, 0.05) is 5.69 Å². The molecule has 0 aliphatic rings. The topological polar surface area (TPSA) is 65.8 Å². The molecule has 2 aromatic rings. The standard InChI is InChI=1S/C13H8BrN3O/c14-12-6-2-5-11(17-12)13(18)16-10-4-1-3-9(7-10)8-15/h1-7H,(H,16,18). The van der Waals surface area contributed by atoms with Gasteiger partial charge in [0.25, 0.3) is 5.91 Å². The van der Waals surface area contributed by atoms with Crippen molar-refractivity contribution in [2.45, 2.75) is 0 Å². The number of halogens is 1. The van der Waals surface area contributed by atoms with Crippen LogP contribution in [0.4, 0.5) is 5.69 Å². The number of nitriles is 1. The van der Waals surface area contributed by atoms with Crippen LogP contribution in [-0.4, -0.2) is 10.9 Å². The van der Waals surface area contributed by atoms with Crippen LogP contribution < -0.4 is 5.32 Å². The quantitative estimate of drug-likeness (QED) is 0.867. The molecule has 1 aromatic heterocycles. The predicted octanol–water partition coefficient (Wildman–Crippen LogP) is 2.97. The first-order chi connectivity index (χ1) is 8.69. The van der Waals surface area contributed by atoms with E-state index in [0.717, 1.165) is 0 Å². The van der Waals surface area contributed by atoms with Crippen molar-refractivity contribution >= 4 is 27.5 Å². The smallest absolute Gasteiger partial charge is 0.274 e. The highest BCUT2D eigenvalue weighted by Gasteiger charge is 2.08. The number of aromatic nitrogens is 1. The van der Waals surface area contributed by atoms with Crippen LogP contribution in [0.3, 0.4) is 0 Å². The normalized spacial score (nSPS) is 9.56. The maximum atomic E-state index is 11.9. The first-order valence-electron chi connectivity index (χ1n) is 5.13. The fourth-order valence-corrected chi connectivity index (χ4v) is 1.74. The molecule has 0 fully saturated rings. The Morgan fingerprint density at radius 1 is 1.28 bits per heavy atom. The summed E-state index contributed by atoms with van der Waals surface area (Å²) in [5.41, 5.74) is 1.38. The van der Waals surface area contributed by atoms with Gasteiger partial charge in [-0.1, -0.05) is 12.1 Å². The second-order valence-corrected chi connectivity index (χ2v) is 4.30. The molecule has 5 heteroatoms. The molecule has 0 saturated heterocycles. The number of nitrogens with one attached hydrogen (secondary N) is 1. The van der Waals surface area contributed by atoms with Crippen molar-refractivity contribution in [3.63, 3.8) is 0 Å². The molecule has 18 heavy (non-hydrogen) atoms. The summed E-state index contributed by atoms with van der Waals surface area (Å²) in [6.45, 7) is 0. The Morgan fingerprint density at radius 2 is 2.06 bits per heavy atom. The van der Waals surface area contributed by atoms with Crippen LogP contribution in [0.15, 0.2) is 47.1 Å². The molecule has 0 radical (unpaired) electrons. The number of hydrogen-bond acceptors (Lipinski definition) is 3. The molecule has 2 rings (SSSR count). The molecule has 4 nitrogen and oxygen atoms in total. The predicted molar refractivity (Wildman–Crippen MR) is 71.0 cm³/mol. The van der Waals surface area contributed by atoms with Crippen molar-refractivity contribution in [2.24, 2.45) is 0 Å². The Labute approximate surface area is 112 Å². The average Bonchev–Trinajstić information content (AvgIpc) is 2.39. The van der Waals surface area contributed by atoms with Crippen molar-refractivity contribution in [1.29, 1.82) is 5.26 Å². The summed E-state index contributed by atoms with van der Waals surface area (Å²) >= 11 is 3.20. The van der Waals surface area contributed by atoms with Crippen LogP contribution in [0.2, 0.25) is 0 Å². The van der Waals surface area contributed by atoms with Gasteiger partial charge in [-0.2, -0.15) is 5.26 Å². The third kappa shape index (κ3) is 2.93. The van der Waals surface area contributed by atoms with E-state index in [1.54, 1.807) is 42.5 Å². The van der Waals surface area contributed by atoms with Crippen LogP contribution in [0.25, 0.3) is 0 Å². The summed E-state index contributed by atoms with van der Waals surface area (Å²) in [7, 11) is 0. The molecule has 0 atom stereocenters. The fourth-order valence-electron chi connectivity index (χ4n) is 1.40. The molecule has 0 saturated carbocycles. The van der Waals surface area contributed by atoms with Crippen LogP contribution in [0, 0.1) is 11.3 Å². The van der Waals surface area contributed by atoms with Gasteiger partial charge in [-0.25, -0.2) is 4.98 Å². The fraction of sp³-hybridized carbons (Fsp3) is 0. The zero-order valence-corrected chi connectivity index (χ0v) is 10.8. The number of hydrogen-bond donors (Lipinski definition) is 1. The van der Waals surface area contributed by atoms with Crippen molar-refractivity contribution in [2.75, 3.05) is 5.32 Å². The number of anilines is 1. The third-order valence-electron chi connectivity index (χ3n) is 2.20. The molecule has 1 amide bonds. The molecule has 88 valence electrons. The Hall–Kier alpha value is -2.19. The Bertz CT molecular complexity index is 634. The lowest BCUT2D eigenvalue weighted by Crippen LogP contribution is -2.13. The van der Waals surface area contributed by atoms with E-state index in [4.69, 9.17) is 5.26 Å². The van der Waals surface area contributed by atoms with Crippen molar-refractivity contribution in [1.82, 2.24) is 4.98 Å². The van der Waals surface area contributed by atoms with Gasteiger partial charge in [-0.05, 0) is 46.3 Å². The van der Waals surface area contributed by atoms with Gasteiger partial charge in [-0.3, -0.25) is 4.79 Å². The van der Waals surface area contributed by atoms with Gasteiger partial charge in [0.15, 0.2) is 0 Å². The van der Waals surface area contributed by atoms with Gasteiger partial charge in [-0.15, -0.1) is 0 Å². The first-order valence-corrected chi connectivity index (χ1v) is 5.92. The van der Waals surface area contributed by atoms with Crippen molar-refractivity contribution in [3.8, 4) is 6.07 Å². The lowest BCUT2D eigenvalue weighted by Gasteiger charge is -2.04. The summed E-state index contributed by atoms with van der Waals surface area (Å²) in [6, 6.07) is 13.8. The summed E-state index contributed by atoms with van der Waals surface area (Å²) in [6.07, 6.45) is 0. The van der Waals surface area contributed by atoms with E-state index >= 15 is 0 Å². The van der Waals surface area contributed by atoms with Gasteiger partial charge in [0.1, 0.15) is 10.3 Å². The van der Waals surface area contributed by atoms with E-state index < -0.39 is 0 Å². The van der Waals surface area contributed by atoms with Crippen LogP contribution in [0.5, 0.6) is 0 Å². The second-order valence-electron chi connectivity index (χ2n) is 3.49. The summed E-state index contributed by atoms with van der Waals surface area (Å²) in [5.74, 6) is -0.314. The van der Waals surface area contributed by atoms with Crippen LogP contribution >= 0.6 is 15.9 Å². The van der Waals surface area contributed by atoms with Crippen LogP contribution in [-0.2, 0) is 0 Å². The SMILES string of the molecule is N#Cc1cccc(NC(=O)c2cccc(Br)n2)c1. The number of amides is 1. The Balaban J connectivity index is 2.19. The molecular formula is C13H8BrN3O. The molecule has 1 aromatic carbocycles. The molecule has 1 heterocycles. The molecule has 0 aliphatic heterocycles. The number of rotatable bonds is 2. The Kier molecular flexibility index (Phi) is 3.70. The summed E-state index contributed by atoms with van der Waals surface area (Å²) in [5, 5.41) is 11.5. The van der Waals surface area contributed by atoms with E-state index in [2.05, 4.69) is 26.2 Å². The molecule has 0 unspecified atom stereocenters. The third-order valence-corrected chi connectivity index (χ3v) is 2.64. The van der Waals surface area contributed by atoms with E-state index in [1.165, 1.54) is 0 Å². The Morgan fingerprint density at radius 3 is 2.78 bits per heavy atom. The van der Waals surface area contributed by atoms with E-state index in [9.17, 15) is 4.79 Å². The van der Waals surface area contributed by atoms with Gasteiger partial charge < -0.3 is 5.32 Å². The zero-order chi connectivity index (χ0) is 13.0. The van der Waals surface area contributed by atoms with E-state index in [1.807, 2.05) is 6.07 Å². The number of carbonyl (C=O) groups is 1. The van der Waals surface area contributed by atoms with Crippen LogP contribution in [0.1, 0.15) is 16.1 Å². The largest absolute Gasteiger partial charge is 0.321 e. The maximum absolute atomic E-state index is 11.9. The number of benzene rings is 1. The van der Waals surface area contributed by atoms with Crippen molar-refractivity contribution in [3.05, 3.63) is 58.3 Å². The second kappa shape index (κ2) is 5.43. The van der Waals surface area contributed by atoms with E-state index in [-0.39, 0.29) is 5.91 Å². The average molecular weight is 302 g/mol. The molecule has 1 N–H and O–H groups in total. The van der Waals surface area contributed by atoms with Gasteiger partial charge in [0.05, 0.1) is 11.6 Å². The lowest BCUT2D eigenvalue weighted by molar-refractivity contribution is 0.102. The summed E-state index contributed by atoms with van der Waals surface area (Å²) < 4.78 is 0.598. The summed E-state index contributed by atoms with van der Waals surface area (Å²) in [4.78, 5) is 15.9. The maximum Gasteiger partial charge on any atom is 0.274 e. The minimum Gasteiger partial charge on any atom is -0.321 e. The number of nitrogens with zero attached hydrogens (tertiary/aromatic N) is 2. The molecule has 0 aliphatic carbocycles. The molecule has 0 spiro atoms. The number of carbonyl (C=O) groups excluding carboxylic acids is 1. The van der Waals surface area contributed by atoms with E-state index in [0.29, 0.717) is 21.5 Å². The zero-order valence-electron chi connectivity index (χ0n) is 9.22. The monoisotopic (exact) mass is 301 g/mol. The lowest BCUT2D eigenvalue weighted by atomic mass is 10.2. The van der Waals surface area contributed by atoms with Gasteiger partial charge >= 0.3 is 0 Å².